The summed E-state index contributed by atoms with van der Waals surface area (Å²) in [4.78, 5) is 22.1. The molecule has 0 bridgehead atoms. The number of carbonyl (C=O) groups is 1. The molecule has 1 aliphatic heterocycles. The topological polar surface area (TPSA) is 48.5 Å². The van der Waals surface area contributed by atoms with Crippen molar-refractivity contribution in [2.24, 2.45) is 0 Å². The molecule has 2 heterocycles. The predicted octanol–water partition coefficient (Wildman–Crippen LogP) is 2.09. The van der Waals surface area contributed by atoms with Gasteiger partial charge in [-0.15, -0.1) is 11.3 Å². The number of anilines is 1. The molecule has 0 aromatic carbocycles. The number of carbonyl (C=O) groups excluding carboxylic acids is 1. The number of nitrogens with zero attached hydrogens (tertiary/aromatic N) is 3. The van der Waals surface area contributed by atoms with Gasteiger partial charge >= 0.3 is 0 Å². The minimum absolute atomic E-state index is 0.123. The fourth-order valence-corrected chi connectivity index (χ4v) is 3.56. The summed E-state index contributed by atoms with van der Waals surface area (Å²) in [5.41, 5.74) is 0. The number of thiazole rings is 1. The summed E-state index contributed by atoms with van der Waals surface area (Å²) in [5, 5.41) is 4.39. The van der Waals surface area contributed by atoms with E-state index in [1.807, 2.05) is 18.0 Å². The maximum Gasteiger partial charge on any atom is 0.239 e. The summed E-state index contributed by atoms with van der Waals surface area (Å²) >= 11 is 1.70. The van der Waals surface area contributed by atoms with Gasteiger partial charge in [0.1, 0.15) is 0 Å². The van der Waals surface area contributed by atoms with E-state index in [9.17, 15) is 4.79 Å². The lowest BCUT2D eigenvalue weighted by Crippen LogP contribution is -2.43. The lowest BCUT2D eigenvalue weighted by molar-refractivity contribution is -0.131. The maximum absolute atomic E-state index is 12.2. The Kier molecular flexibility index (Phi) is 5.99. The number of hydrogen-bond donors (Lipinski definition) is 1. The number of likely N-dealkylation sites (tertiary alicyclic amines) is 1. The molecule has 2 rings (SSSR count). The predicted molar refractivity (Wildman–Crippen MR) is 87.8 cm³/mol. The first-order valence-corrected chi connectivity index (χ1v) is 8.69. The summed E-state index contributed by atoms with van der Waals surface area (Å²) in [6.45, 7) is 10.7. The van der Waals surface area contributed by atoms with Crippen molar-refractivity contribution in [2.45, 2.75) is 46.2 Å². The average Bonchev–Trinajstić information content (AvgIpc) is 3.17. The SMILES string of the molecule is CCN(CC)c1ncc(CNC(C)C(=O)N2CCCC2)s1. The van der Waals surface area contributed by atoms with Crippen LogP contribution in [0.5, 0.6) is 0 Å². The van der Waals surface area contributed by atoms with E-state index in [0.29, 0.717) is 6.54 Å². The van der Waals surface area contributed by atoms with Gasteiger partial charge in [0.2, 0.25) is 5.91 Å². The Morgan fingerprint density at radius 2 is 2.10 bits per heavy atom. The Hall–Kier alpha value is -1.14. The largest absolute Gasteiger partial charge is 0.349 e. The molecule has 1 N–H and O–H groups in total. The third-order valence-corrected chi connectivity index (χ3v) is 5.00. The highest BCUT2D eigenvalue weighted by Crippen LogP contribution is 2.22. The van der Waals surface area contributed by atoms with E-state index in [0.717, 1.165) is 44.2 Å². The van der Waals surface area contributed by atoms with Crippen LogP contribution >= 0.6 is 11.3 Å². The zero-order valence-electron chi connectivity index (χ0n) is 13.3. The van der Waals surface area contributed by atoms with Gasteiger partial charge in [-0.05, 0) is 33.6 Å². The van der Waals surface area contributed by atoms with Gasteiger partial charge in [-0.2, -0.15) is 0 Å². The molecule has 1 unspecified atom stereocenters. The maximum atomic E-state index is 12.2. The van der Waals surface area contributed by atoms with Crippen LogP contribution in [0.3, 0.4) is 0 Å². The molecule has 1 saturated heterocycles. The highest BCUT2D eigenvalue weighted by molar-refractivity contribution is 7.15. The molecule has 0 saturated carbocycles. The molecule has 118 valence electrons. The van der Waals surface area contributed by atoms with Gasteiger partial charge in [-0.25, -0.2) is 4.98 Å². The van der Waals surface area contributed by atoms with E-state index in [1.54, 1.807) is 11.3 Å². The number of rotatable bonds is 7. The first-order valence-electron chi connectivity index (χ1n) is 7.87. The van der Waals surface area contributed by atoms with Crippen molar-refractivity contribution < 1.29 is 4.79 Å². The van der Waals surface area contributed by atoms with Crippen molar-refractivity contribution in [3.8, 4) is 0 Å². The van der Waals surface area contributed by atoms with Crippen LogP contribution in [-0.2, 0) is 11.3 Å². The monoisotopic (exact) mass is 310 g/mol. The number of amides is 1. The molecule has 6 heteroatoms. The smallest absolute Gasteiger partial charge is 0.239 e. The van der Waals surface area contributed by atoms with Crippen LogP contribution in [0.25, 0.3) is 0 Å². The van der Waals surface area contributed by atoms with Crippen LogP contribution in [0.15, 0.2) is 6.20 Å². The van der Waals surface area contributed by atoms with Gasteiger partial charge < -0.3 is 15.1 Å². The van der Waals surface area contributed by atoms with Crippen LogP contribution < -0.4 is 10.2 Å². The summed E-state index contributed by atoms with van der Waals surface area (Å²) in [7, 11) is 0. The standard InChI is InChI=1S/C15H26N4OS/c1-4-18(5-2)15-17-11-13(21-15)10-16-12(3)14(20)19-8-6-7-9-19/h11-12,16H,4-10H2,1-3H3. The van der Waals surface area contributed by atoms with Gasteiger partial charge in [0.25, 0.3) is 0 Å². The third kappa shape index (κ3) is 4.17. The van der Waals surface area contributed by atoms with Crippen molar-refractivity contribution in [3.63, 3.8) is 0 Å². The third-order valence-electron chi connectivity index (χ3n) is 3.95. The van der Waals surface area contributed by atoms with Crippen molar-refractivity contribution in [1.29, 1.82) is 0 Å². The van der Waals surface area contributed by atoms with E-state index in [1.165, 1.54) is 4.88 Å². The molecular weight excluding hydrogens is 284 g/mol. The Labute approximate surface area is 131 Å². The number of hydrogen-bond acceptors (Lipinski definition) is 5. The first kappa shape index (κ1) is 16.2. The van der Waals surface area contributed by atoms with Gasteiger partial charge in [0.15, 0.2) is 5.13 Å². The molecular formula is C15H26N4OS. The Morgan fingerprint density at radius 3 is 2.71 bits per heavy atom. The van der Waals surface area contributed by atoms with Crippen LogP contribution in [0.1, 0.15) is 38.5 Å². The summed E-state index contributed by atoms with van der Waals surface area (Å²) in [6, 6.07) is -0.123. The lowest BCUT2D eigenvalue weighted by atomic mass is 10.3. The molecule has 0 radical (unpaired) electrons. The number of nitrogens with one attached hydrogen (secondary N) is 1. The van der Waals surface area contributed by atoms with Crippen molar-refractivity contribution in [1.82, 2.24) is 15.2 Å². The van der Waals surface area contributed by atoms with Crippen molar-refractivity contribution in [3.05, 3.63) is 11.1 Å². The second-order valence-electron chi connectivity index (χ2n) is 5.42. The lowest BCUT2D eigenvalue weighted by Gasteiger charge is -2.20. The van der Waals surface area contributed by atoms with Crippen LogP contribution in [0, 0.1) is 0 Å². The molecule has 1 amide bonds. The van der Waals surface area contributed by atoms with Gasteiger partial charge in [-0.3, -0.25) is 4.79 Å². The zero-order valence-corrected chi connectivity index (χ0v) is 14.1. The molecule has 1 aromatic rings. The zero-order chi connectivity index (χ0) is 15.2. The first-order chi connectivity index (χ1) is 10.2. The number of aromatic nitrogens is 1. The fourth-order valence-electron chi connectivity index (χ4n) is 2.57. The summed E-state index contributed by atoms with van der Waals surface area (Å²) < 4.78 is 0. The quantitative estimate of drug-likeness (QED) is 0.838. The Bertz CT molecular complexity index is 452. The average molecular weight is 310 g/mol. The molecule has 1 atom stereocenters. The minimum atomic E-state index is -0.123. The highest BCUT2D eigenvalue weighted by Gasteiger charge is 2.22. The summed E-state index contributed by atoms with van der Waals surface area (Å²) in [6.07, 6.45) is 4.19. The van der Waals surface area contributed by atoms with Gasteiger partial charge in [0, 0.05) is 43.8 Å². The van der Waals surface area contributed by atoms with E-state index in [4.69, 9.17) is 0 Å². The van der Waals surface area contributed by atoms with E-state index < -0.39 is 0 Å². The minimum Gasteiger partial charge on any atom is -0.349 e. The van der Waals surface area contributed by atoms with Crippen LogP contribution in [0.2, 0.25) is 0 Å². The Balaban J connectivity index is 1.83. The van der Waals surface area contributed by atoms with Gasteiger partial charge in [-0.1, -0.05) is 0 Å². The second kappa shape index (κ2) is 7.75. The summed E-state index contributed by atoms with van der Waals surface area (Å²) in [5.74, 6) is 0.223. The van der Waals surface area contributed by atoms with Gasteiger partial charge in [0.05, 0.1) is 6.04 Å². The van der Waals surface area contributed by atoms with E-state index in [2.05, 4.69) is 29.0 Å². The van der Waals surface area contributed by atoms with E-state index >= 15 is 0 Å². The van der Waals surface area contributed by atoms with E-state index in [-0.39, 0.29) is 11.9 Å². The molecule has 0 aliphatic carbocycles. The molecule has 0 spiro atoms. The van der Waals surface area contributed by atoms with Crippen molar-refractivity contribution in [2.75, 3.05) is 31.1 Å². The normalized spacial score (nSPS) is 16.2. The Morgan fingerprint density at radius 1 is 1.43 bits per heavy atom. The highest BCUT2D eigenvalue weighted by atomic mass is 32.1. The fraction of sp³-hybridized carbons (Fsp3) is 0.733. The van der Waals surface area contributed by atoms with Crippen LogP contribution in [-0.4, -0.2) is 48.0 Å². The second-order valence-corrected chi connectivity index (χ2v) is 6.51. The van der Waals surface area contributed by atoms with Crippen molar-refractivity contribution >= 4 is 22.4 Å². The van der Waals surface area contributed by atoms with Crippen LogP contribution in [0.4, 0.5) is 5.13 Å². The molecule has 1 aliphatic rings. The molecule has 1 aromatic heterocycles. The molecule has 1 fully saturated rings. The molecule has 5 nitrogen and oxygen atoms in total. The molecule has 21 heavy (non-hydrogen) atoms.